The molecule has 1 amide bonds. The van der Waals surface area contributed by atoms with E-state index in [4.69, 9.17) is 0 Å². The van der Waals surface area contributed by atoms with Crippen molar-refractivity contribution in [2.75, 3.05) is 36.8 Å². The van der Waals surface area contributed by atoms with E-state index in [1.165, 1.54) is 56.3 Å². The Kier molecular flexibility index (Phi) is 5.52. The molecule has 2 fully saturated rings. The number of nitrogens with one attached hydrogen (secondary N) is 2. The summed E-state index contributed by atoms with van der Waals surface area (Å²) in [5.74, 6) is -0.0456. The molecule has 0 radical (unpaired) electrons. The number of anilines is 2. The highest BCUT2D eigenvalue weighted by atomic mass is 16.2. The van der Waals surface area contributed by atoms with Crippen molar-refractivity contribution in [3.63, 3.8) is 0 Å². The molecule has 170 valence electrons. The number of amides is 1. The van der Waals surface area contributed by atoms with Crippen molar-refractivity contribution in [3.8, 4) is 0 Å². The average Bonchev–Trinajstić information content (AvgIpc) is 3.20. The summed E-state index contributed by atoms with van der Waals surface area (Å²) in [6.07, 6.45) is 11.2. The third kappa shape index (κ3) is 4.11. The van der Waals surface area contributed by atoms with Gasteiger partial charge in [0.05, 0.1) is 11.3 Å². The maximum absolute atomic E-state index is 12.6. The molecule has 1 saturated heterocycles. The third-order valence-corrected chi connectivity index (χ3v) is 7.66. The first-order valence-corrected chi connectivity index (χ1v) is 12.4. The van der Waals surface area contributed by atoms with E-state index >= 15 is 0 Å². The van der Waals surface area contributed by atoms with Crippen molar-refractivity contribution >= 4 is 28.9 Å². The van der Waals surface area contributed by atoms with Crippen molar-refractivity contribution in [2.24, 2.45) is 0 Å². The summed E-state index contributed by atoms with van der Waals surface area (Å²) in [4.78, 5) is 17.9. The van der Waals surface area contributed by atoms with Crippen LogP contribution in [0.25, 0.3) is 11.6 Å². The zero-order valence-electron chi connectivity index (χ0n) is 19.1. The van der Waals surface area contributed by atoms with Crippen molar-refractivity contribution in [1.82, 2.24) is 9.80 Å². The minimum absolute atomic E-state index is 0.0456. The first-order chi connectivity index (χ1) is 16.2. The van der Waals surface area contributed by atoms with E-state index in [1.54, 1.807) is 0 Å². The number of carbonyl (C=O) groups is 1. The highest BCUT2D eigenvalue weighted by molar-refractivity contribution is 6.33. The van der Waals surface area contributed by atoms with Crippen LogP contribution in [0.15, 0.2) is 54.2 Å². The molecular weight excluding hydrogens is 408 g/mol. The van der Waals surface area contributed by atoms with E-state index in [2.05, 4.69) is 44.7 Å². The van der Waals surface area contributed by atoms with Gasteiger partial charge >= 0.3 is 0 Å². The van der Waals surface area contributed by atoms with Gasteiger partial charge in [-0.15, -0.1) is 0 Å². The van der Waals surface area contributed by atoms with Gasteiger partial charge in [0.1, 0.15) is 0 Å². The second kappa shape index (κ2) is 8.81. The van der Waals surface area contributed by atoms with Crippen LogP contribution < -0.4 is 10.6 Å². The van der Waals surface area contributed by atoms with Gasteiger partial charge in [-0.05, 0) is 48.2 Å². The molecule has 3 aliphatic heterocycles. The first kappa shape index (κ1) is 20.7. The number of hydrogen-bond donors (Lipinski definition) is 2. The molecule has 5 nitrogen and oxygen atoms in total. The van der Waals surface area contributed by atoms with E-state index in [0.717, 1.165) is 48.3 Å². The monoisotopic (exact) mass is 440 g/mol. The van der Waals surface area contributed by atoms with Crippen LogP contribution in [0.5, 0.6) is 0 Å². The van der Waals surface area contributed by atoms with Gasteiger partial charge in [0.15, 0.2) is 0 Å². The Balaban J connectivity index is 1.13. The van der Waals surface area contributed by atoms with Crippen LogP contribution in [0.2, 0.25) is 0 Å². The number of allylic oxidation sites excluding steroid dienone is 1. The lowest BCUT2D eigenvalue weighted by atomic mass is 9.94. The molecule has 0 unspecified atom stereocenters. The lowest BCUT2D eigenvalue weighted by Crippen LogP contribution is -2.50. The van der Waals surface area contributed by atoms with E-state index < -0.39 is 0 Å². The Hall–Kier alpha value is -2.89. The second-order valence-electron chi connectivity index (χ2n) is 9.77. The van der Waals surface area contributed by atoms with Crippen LogP contribution >= 0.6 is 0 Å². The van der Waals surface area contributed by atoms with Gasteiger partial charge in [0, 0.05) is 55.7 Å². The summed E-state index contributed by atoms with van der Waals surface area (Å²) >= 11 is 0. The summed E-state index contributed by atoms with van der Waals surface area (Å²) in [6.45, 7) is 5.73. The van der Waals surface area contributed by atoms with Gasteiger partial charge in [0.25, 0.3) is 5.91 Å². The number of hydrogen-bond acceptors (Lipinski definition) is 4. The highest BCUT2D eigenvalue weighted by Crippen LogP contribution is 2.36. The number of carbonyl (C=O) groups excluding carboxylic acids is 1. The SMILES string of the molecule is O=C1Nc2ccccc2/C1=C1\C=Cc2cc(CN3CCN(C4CCCCC4)CC3)ccc2N1. The van der Waals surface area contributed by atoms with Gasteiger partial charge < -0.3 is 10.6 Å². The van der Waals surface area contributed by atoms with Crippen molar-refractivity contribution in [1.29, 1.82) is 0 Å². The smallest absolute Gasteiger partial charge is 0.258 e. The Morgan fingerprint density at radius 3 is 2.52 bits per heavy atom. The molecule has 2 aromatic carbocycles. The normalized spacial score (nSPS) is 23.7. The van der Waals surface area contributed by atoms with Gasteiger partial charge in [-0.3, -0.25) is 14.6 Å². The molecule has 3 heterocycles. The molecule has 6 rings (SSSR count). The van der Waals surface area contributed by atoms with Crippen LogP contribution in [-0.4, -0.2) is 47.9 Å². The minimum atomic E-state index is -0.0456. The van der Waals surface area contributed by atoms with E-state index in [0.29, 0.717) is 5.57 Å². The summed E-state index contributed by atoms with van der Waals surface area (Å²) in [6, 6.07) is 15.4. The van der Waals surface area contributed by atoms with Crippen LogP contribution in [0, 0.1) is 0 Å². The van der Waals surface area contributed by atoms with E-state index in [1.807, 2.05) is 30.3 Å². The maximum atomic E-state index is 12.6. The zero-order chi connectivity index (χ0) is 22.2. The average molecular weight is 441 g/mol. The molecule has 0 aromatic heterocycles. The molecule has 2 N–H and O–H groups in total. The molecule has 0 atom stereocenters. The van der Waals surface area contributed by atoms with Crippen molar-refractivity contribution in [2.45, 2.75) is 44.7 Å². The van der Waals surface area contributed by atoms with Crippen molar-refractivity contribution < 1.29 is 4.79 Å². The van der Waals surface area contributed by atoms with Crippen molar-refractivity contribution in [3.05, 3.63) is 70.9 Å². The lowest BCUT2D eigenvalue weighted by molar-refractivity contribution is -0.110. The Labute approximate surface area is 196 Å². The largest absolute Gasteiger partial charge is 0.354 e. The summed E-state index contributed by atoms with van der Waals surface area (Å²) in [7, 11) is 0. The van der Waals surface area contributed by atoms with Gasteiger partial charge in [-0.1, -0.05) is 49.6 Å². The highest BCUT2D eigenvalue weighted by Gasteiger charge is 2.28. The predicted octanol–water partition coefficient (Wildman–Crippen LogP) is 4.94. The van der Waals surface area contributed by atoms with Crippen LogP contribution in [0.3, 0.4) is 0 Å². The topological polar surface area (TPSA) is 47.6 Å². The standard InChI is InChI=1S/C28H32N4O/c33-28-27(23-8-4-5-9-25(23)30-28)26-13-11-21-18-20(10-12-24(21)29-26)19-31-14-16-32(17-15-31)22-6-2-1-3-7-22/h4-5,8-13,18,22,29H,1-3,6-7,14-17,19H2,(H,30,33)/b27-26-. The second-order valence-corrected chi connectivity index (χ2v) is 9.77. The quantitative estimate of drug-likeness (QED) is 0.664. The fourth-order valence-corrected chi connectivity index (χ4v) is 5.84. The molecule has 0 spiro atoms. The fourth-order valence-electron chi connectivity index (χ4n) is 5.84. The number of rotatable bonds is 3. The summed E-state index contributed by atoms with van der Waals surface area (Å²) < 4.78 is 0. The van der Waals surface area contributed by atoms with Gasteiger partial charge in [-0.2, -0.15) is 0 Å². The van der Waals surface area contributed by atoms with E-state index in [-0.39, 0.29) is 5.91 Å². The molecule has 5 heteroatoms. The lowest BCUT2D eigenvalue weighted by Gasteiger charge is -2.40. The number of fused-ring (bicyclic) bond motifs is 2. The van der Waals surface area contributed by atoms with Crippen LogP contribution in [0.4, 0.5) is 11.4 Å². The Morgan fingerprint density at radius 1 is 0.848 bits per heavy atom. The molecule has 33 heavy (non-hydrogen) atoms. The predicted molar refractivity (Wildman–Crippen MR) is 135 cm³/mol. The Morgan fingerprint density at radius 2 is 1.67 bits per heavy atom. The number of benzene rings is 2. The molecule has 4 aliphatic rings. The van der Waals surface area contributed by atoms with Crippen LogP contribution in [-0.2, 0) is 11.3 Å². The number of para-hydroxylation sites is 1. The Bertz CT molecular complexity index is 1120. The maximum Gasteiger partial charge on any atom is 0.258 e. The molecule has 1 saturated carbocycles. The third-order valence-electron chi connectivity index (χ3n) is 7.66. The summed E-state index contributed by atoms with van der Waals surface area (Å²) in [5.41, 5.74) is 7.01. The minimum Gasteiger partial charge on any atom is -0.354 e. The summed E-state index contributed by atoms with van der Waals surface area (Å²) in [5, 5.41) is 6.46. The first-order valence-electron chi connectivity index (χ1n) is 12.4. The molecule has 1 aliphatic carbocycles. The number of piperazine rings is 1. The fraction of sp³-hybridized carbons (Fsp3) is 0.393. The molecular formula is C28H32N4O. The van der Waals surface area contributed by atoms with Crippen LogP contribution in [0.1, 0.15) is 48.8 Å². The number of nitrogens with zero attached hydrogens (tertiary/aromatic N) is 2. The van der Waals surface area contributed by atoms with E-state index in [9.17, 15) is 4.79 Å². The molecule has 2 aromatic rings. The molecule has 0 bridgehead atoms. The van der Waals surface area contributed by atoms with Gasteiger partial charge in [-0.25, -0.2) is 0 Å². The van der Waals surface area contributed by atoms with Gasteiger partial charge in [0.2, 0.25) is 0 Å². The zero-order valence-corrected chi connectivity index (χ0v) is 19.1.